The fourth-order valence-corrected chi connectivity index (χ4v) is 4.36. The number of ether oxygens (including phenoxy) is 2. The highest BCUT2D eigenvalue weighted by atomic mass is 16.6. The molecule has 0 bridgehead atoms. The second-order valence-corrected chi connectivity index (χ2v) is 7.18. The summed E-state index contributed by atoms with van der Waals surface area (Å²) in [5, 5.41) is 4.37. The molecule has 2 aromatic heterocycles. The maximum absolute atomic E-state index is 6.42. The van der Waals surface area contributed by atoms with Gasteiger partial charge < -0.3 is 19.4 Å². The van der Waals surface area contributed by atoms with Crippen molar-refractivity contribution in [2.24, 2.45) is 0 Å². The van der Waals surface area contributed by atoms with E-state index in [1.54, 1.807) is 0 Å². The second kappa shape index (κ2) is 4.87. The molecule has 0 unspecified atom stereocenters. The van der Waals surface area contributed by atoms with Crippen LogP contribution in [0, 0.1) is 0 Å². The van der Waals surface area contributed by atoms with Gasteiger partial charge in [-0.25, -0.2) is 0 Å². The summed E-state index contributed by atoms with van der Waals surface area (Å²) in [6.07, 6.45) is 0. The van der Waals surface area contributed by atoms with E-state index in [1.165, 1.54) is 0 Å². The number of aromatic nitrogens is 2. The maximum atomic E-state index is 6.42. The minimum absolute atomic E-state index is 0.738. The molecule has 1 aliphatic rings. The third-order valence-electron chi connectivity index (χ3n) is 5.60. The Balaban J connectivity index is 1.54. The predicted octanol–water partition coefficient (Wildman–Crippen LogP) is 6.85. The number of nitrogens with one attached hydrogen (secondary N) is 2. The molecule has 2 N–H and O–H groups in total. The van der Waals surface area contributed by atoms with Crippen molar-refractivity contribution in [3.8, 4) is 23.0 Å². The van der Waals surface area contributed by atoms with Gasteiger partial charge in [0.15, 0.2) is 23.0 Å². The van der Waals surface area contributed by atoms with Crippen LogP contribution in [0.4, 0.5) is 0 Å². The van der Waals surface area contributed by atoms with Gasteiger partial charge in [0, 0.05) is 21.8 Å². The fraction of sp³-hybridized carbons (Fsp3) is 0. The zero-order valence-electron chi connectivity index (χ0n) is 14.7. The molecular formula is C24H14N2O2. The molecule has 0 aliphatic carbocycles. The molecule has 4 aromatic carbocycles. The third kappa shape index (κ3) is 1.70. The van der Waals surface area contributed by atoms with Crippen molar-refractivity contribution in [1.29, 1.82) is 0 Å². The lowest BCUT2D eigenvalue weighted by Gasteiger charge is -2.22. The number of aromatic amines is 2. The van der Waals surface area contributed by atoms with Gasteiger partial charge in [0.05, 0.1) is 21.8 Å². The highest BCUT2D eigenvalue weighted by molar-refractivity contribution is 6.14. The van der Waals surface area contributed by atoms with Crippen molar-refractivity contribution < 1.29 is 9.47 Å². The van der Waals surface area contributed by atoms with Crippen LogP contribution in [-0.2, 0) is 0 Å². The van der Waals surface area contributed by atoms with Crippen LogP contribution in [0.25, 0.3) is 43.6 Å². The van der Waals surface area contributed by atoms with Gasteiger partial charge in [-0.05, 0) is 36.4 Å². The number of para-hydroxylation sites is 2. The molecule has 4 nitrogen and oxygen atoms in total. The van der Waals surface area contributed by atoms with Gasteiger partial charge >= 0.3 is 0 Å². The SMILES string of the molecule is c1ccc2c(c1)[nH]c1ccc3c(c12)Oc1ccc2[nH]c4ccccc4c2c1O3. The van der Waals surface area contributed by atoms with E-state index < -0.39 is 0 Å². The van der Waals surface area contributed by atoms with Crippen molar-refractivity contribution in [3.63, 3.8) is 0 Å². The summed E-state index contributed by atoms with van der Waals surface area (Å²) >= 11 is 0. The average molecular weight is 362 g/mol. The van der Waals surface area contributed by atoms with E-state index in [0.29, 0.717) is 0 Å². The summed E-state index contributed by atoms with van der Waals surface area (Å²) in [7, 11) is 0. The minimum Gasteiger partial charge on any atom is -0.449 e. The Labute approximate surface area is 159 Å². The van der Waals surface area contributed by atoms with Gasteiger partial charge in [0.2, 0.25) is 0 Å². The molecule has 7 rings (SSSR count). The van der Waals surface area contributed by atoms with E-state index in [9.17, 15) is 0 Å². The Morgan fingerprint density at radius 1 is 0.464 bits per heavy atom. The van der Waals surface area contributed by atoms with E-state index in [-0.39, 0.29) is 0 Å². The Morgan fingerprint density at radius 2 is 0.929 bits per heavy atom. The number of hydrogen-bond acceptors (Lipinski definition) is 2. The lowest BCUT2D eigenvalue weighted by Crippen LogP contribution is -1.99. The molecule has 0 saturated carbocycles. The van der Waals surface area contributed by atoms with Gasteiger partial charge in [0.1, 0.15) is 0 Å². The predicted molar refractivity (Wildman–Crippen MR) is 112 cm³/mol. The van der Waals surface area contributed by atoms with Crippen molar-refractivity contribution in [2.75, 3.05) is 0 Å². The lowest BCUT2D eigenvalue weighted by molar-refractivity contribution is 0.367. The normalized spacial score (nSPS) is 12.9. The van der Waals surface area contributed by atoms with E-state index in [4.69, 9.17) is 9.47 Å². The van der Waals surface area contributed by atoms with Crippen LogP contribution >= 0.6 is 0 Å². The molecule has 0 spiro atoms. The van der Waals surface area contributed by atoms with Crippen LogP contribution in [0.3, 0.4) is 0 Å². The summed E-state index contributed by atoms with van der Waals surface area (Å²) in [4.78, 5) is 6.92. The van der Waals surface area contributed by atoms with Crippen molar-refractivity contribution >= 4 is 43.6 Å². The lowest BCUT2D eigenvalue weighted by atomic mass is 10.1. The summed E-state index contributed by atoms with van der Waals surface area (Å²) in [6, 6.07) is 24.6. The van der Waals surface area contributed by atoms with Crippen LogP contribution in [0.5, 0.6) is 23.0 Å². The van der Waals surface area contributed by atoms with Crippen LogP contribution in [0.2, 0.25) is 0 Å². The Bertz CT molecular complexity index is 1450. The molecule has 0 atom stereocenters. The molecule has 1 aliphatic heterocycles. The number of fused-ring (bicyclic) bond motifs is 10. The summed E-state index contributed by atoms with van der Waals surface area (Å²) in [5.74, 6) is 3.01. The molecule has 0 fully saturated rings. The van der Waals surface area contributed by atoms with Crippen molar-refractivity contribution in [2.45, 2.75) is 0 Å². The first-order chi connectivity index (χ1) is 13.9. The number of hydrogen-bond donors (Lipinski definition) is 2. The molecule has 0 saturated heterocycles. The highest BCUT2D eigenvalue weighted by Crippen LogP contribution is 2.53. The van der Waals surface area contributed by atoms with Gasteiger partial charge in [0.25, 0.3) is 0 Å². The smallest absolute Gasteiger partial charge is 0.180 e. The zero-order valence-corrected chi connectivity index (χ0v) is 14.7. The van der Waals surface area contributed by atoms with Crippen molar-refractivity contribution in [1.82, 2.24) is 9.97 Å². The molecule has 0 radical (unpaired) electrons. The molecule has 3 heterocycles. The molecule has 132 valence electrons. The first-order valence-corrected chi connectivity index (χ1v) is 9.29. The van der Waals surface area contributed by atoms with E-state index >= 15 is 0 Å². The van der Waals surface area contributed by atoms with E-state index in [1.807, 2.05) is 36.4 Å². The Kier molecular flexibility index (Phi) is 2.46. The van der Waals surface area contributed by atoms with Gasteiger partial charge in [-0.1, -0.05) is 36.4 Å². The fourth-order valence-electron chi connectivity index (χ4n) is 4.36. The minimum atomic E-state index is 0.738. The van der Waals surface area contributed by atoms with Crippen LogP contribution < -0.4 is 9.47 Å². The van der Waals surface area contributed by atoms with Crippen LogP contribution in [0.1, 0.15) is 0 Å². The summed E-state index contributed by atoms with van der Waals surface area (Å²) < 4.78 is 12.8. The monoisotopic (exact) mass is 362 g/mol. The topological polar surface area (TPSA) is 50.0 Å². The molecule has 0 amide bonds. The van der Waals surface area contributed by atoms with Crippen molar-refractivity contribution in [3.05, 3.63) is 72.8 Å². The third-order valence-corrected chi connectivity index (χ3v) is 5.60. The number of rotatable bonds is 0. The molecule has 28 heavy (non-hydrogen) atoms. The van der Waals surface area contributed by atoms with Crippen LogP contribution in [-0.4, -0.2) is 9.97 Å². The zero-order chi connectivity index (χ0) is 18.2. The first-order valence-electron chi connectivity index (χ1n) is 9.29. The molecule has 6 aromatic rings. The average Bonchev–Trinajstić information content (AvgIpc) is 3.30. The largest absolute Gasteiger partial charge is 0.449 e. The Hall–Kier alpha value is -3.92. The first kappa shape index (κ1) is 14.2. The maximum Gasteiger partial charge on any atom is 0.180 e. The summed E-state index contributed by atoms with van der Waals surface area (Å²) in [6.45, 7) is 0. The molecule has 4 heteroatoms. The highest BCUT2D eigenvalue weighted by Gasteiger charge is 2.26. The van der Waals surface area contributed by atoms with Crippen LogP contribution in [0.15, 0.2) is 72.8 Å². The van der Waals surface area contributed by atoms with Gasteiger partial charge in [-0.15, -0.1) is 0 Å². The van der Waals surface area contributed by atoms with E-state index in [0.717, 1.165) is 66.6 Å². The second-order valence-electron chi connectivity index (χ2n) is 7.18. The summed E-state index contributed by atoms with van der Waals surface area (Å²) in [5.41, 5.74) is 4.26. The molecular weight excluding hydrogens is 348 g/mol. The standard InChI is InChI=1S/C24H14N2O2/c1-3-7-15-13(5-1)21-17(25-15)9-11-19-23(21)27-20-12-10-18-22(24(20)28-19)14-6-2-4-8-16(14)26-18/h1-12,25-26H. The van der Waals surface area contributed by atoms with Gasteiger partial charge in [-0.3, -0.25) is 0 Å². The number of H-pyrrole nitrogens is 2. The number of benzene rings is 4. The Morgan fingerprint density at radius 3 is 1.43 bits per heavy atom. The van der Waals surface area contributed by atoms with Gasteiger partial charge in [-0.2, -0.15) is 0 Å². The quantitative estimate of drug-likeness (QED) is 0.310. The van der Waals surface area contributed by atoms with E-state index in [2.05, 4.69) is 46.4 Å².